The summed E-state index contributed by atoms with van der Waals surface area (Å²) in [5, 5.41) is 6.89. The minimum Gasteiger partial charge on any atom is -0.348 e. The smallest absolute Gasteiger partial charge is 0.186 e. The van der Waals surface area contributed by atoms with Crippen LogP contribution < -0.4 is 4.90 Å². The first-order valence-corrected chi connectivity index (χ1v) is 14.5. The van der Waals surface area contributed by atoms with Gasteiger partial charge < -0.3 is 4.90 Å². The van der Waals surface area contributed by atoms with Crippen LogP contribution in [0.15, 0.2) is 42.1 Å². The fraction of sp³-hybridized carbons (Fsp3) is 0.379. The van der Waals surface area contributed by atoms with Gasteiger partial charge in [-0.1, -0.05) is 46.2 Å². The molecule has 0 atom stereocenters. The number of thiazole rings is 1. The number of fused-ring (bicyclic) bond motifs is 1. The minimum absolute atomic E-state index is 0.220. The van der Waals surface area contributed by atoms with Crippen molar-refractivity contribution < 1.29 is 4.39 Å². The van der Waals surface area contributed by atoms with E-state index in [-0.39, 0.29) is 5.82 Å². The van der Waals surface area contributed by atoms with Crippen molar-refractivity contribution in [1.29, 1.82) is 0 Å². The molecular weight excluding hydrogens is 526 g/mol. The van der Waals surface area contributed by atoms with Gasteiger partial charge in [0, 0.05) is 18.7 Å². The molecule has 4 nitrogen and oxygen atoms in total. The van der Waals surface area contributed by atoms with Crippen LogP contribution in [0.4, 0.5) is 9.52 Å². The number of nitrogens with zero attached hydrogens (tertiary/aromatic N) is 4. The molecule has 0 amide bonds. The highest BCUT2D eigenvalue weighted by Crippen LogP contribution is 2.54. The third kappa shape index (κ3) is 4.18. The third-order valence-electron chi connectivity index (χ3n) is 8.22. The van der Waals surface area contributed by atoms with Crippen LogP contribution in [0.25, 0.3) is 22.0 Å². The second-order valence-corrected chi connectivity index (χ2v) is 12.8. The Hall–Kier alpha value is -2.41. The zero-order chi connectivity index (χ0) is 25.3. The van der Waals surface area contributed by atoms with E-state index in [2.05, 4.69) is 16.0 Å². The van der Waals surface area contributed by atoms with E-state index in [1.54, 1.807) is 17.4 Å². The van der Waals surface area contributed by atoms with Crippen LogP contribution in [0.5, 0.6) is 0 Å². The van der Waals surface area contributed by atoms with E-state index in [0.717, 1.165) is 65.5 Å². The van der Waals surface area contributed by atoms with Crippen molar-refractivity contribution in [3.63, 3.8) is 0 Å². The summed E-state index contributed by atoms with van der Waals surface area (Å²) in [6.45, 7) is 3.86. The maximum absolute atomic E-state index is 14.4. The highest BCUT2D eigenvalue weighted by Gasteiger charge is 2.43. The van der Waals surface area contributed by atoms with E-state index in [1.807, 2.05) is 42.1 Å². The SMILES string of the molecule is Cc1cc(F)c2nc(N3CCC4(CC3)CC(=Cc3c(C5CC5)cnn3-c3c(Cl)cccc3Cl)C4)sc2c1. The van der Waals surface area contributed by atoms with Crippen LogP contribution in [-0.4, -0.2) is 27.9 Å². The molecule has 2 aromatic heterocycles. The molecule has 2 aromatic carbocycles. The van der Waals surface area contributed by atoms with E-state index < -0.39 is 0 Å². The molecular formula is C29H27Cl2FN4S. The summed E-state index contributed by atoms with van der Waals surface area (Å²) in [5.74, 6) is 0.365. The van der Waals surface area contributed by atoms with E-state index in [9.17, 15) is 4.39 Å². The molecule has 0 bridgehead atoms. The van der Waals surface area contributed by atoms with Crippen LogP contribution in [0, 0.1) is 18.2 Å². The van der Waals surface area contributed by atoms with Gasteiger partial charge in [-0.2, -0.15) is 5.10 Å². The molecule has 0 N–H and O–H groups in total. The van der Waals surface area contributed by atoms with Crippen molar-refractivity contribution in [2.75, 3.05) is 18.0 Å². The summed E-state index contributed by atoms with van der Waals surface area (Å²) in [6.07, 6.45) is 11.3. The van der Waals surface area contributed by atoms with Crippen molar-refractivity contribution in [3.8, 4) is 5.69 Å². The Morgan fingerprint density at radius 3 is 2.54 bits per heavy atom. The van der Waals surface area contributed by atoms with Crippen LogP contribution >= 0.6 is 34.5 Å². The topological polar surface area (TPSA) is 34.0 Å². The summed E-state index contributed by atoms with van der Waals surface area (Å²) in [5.41, 5.74) is 6.46. The fourth-order valence-corrected chi connectivity index (χ4v) is 7.75. The molecule has 2 aliphatic carbocycles. The molecule has 4 aromatic rings. The van der Waals surface area contributed by atoms with Crippen molar-refractivity contribution in [1.82, 2.24) is 14.8 Å². The molecule has 8 heteroatoms. The van der Waals surface area contributed by atoms with Crippen molar-refractivity contribution in [2.45, 2.75) is 51.4 Å². The van der Waals surface area contributed by atoms with Crippen LogP contribution in [0.1, 0.15) is 61.3 Å². The first kappa shape index (κ1) is 23.7. The number of benzene rings is 2. The number of hydrogen-bond acceptors (Lipinski definition) is 4. The van der Waals surface area contributed by atoms with Crippen LogP contribution in [0.3, 0.4) is 0 Å². The molecule has 7 rings (SSSR count). The number of anilines is 1. The second-order valence-electron chi connectivity index (χ2n) is 11.0. The lowest BCUT2D eigenvalue weighted by Crippen LogP contribution is -2.44. The van der Waals surface area contributed by atoms with Gasteiger partial charge in [0.2, 0.25) is 0 Å². The predicted molar refractivity (Wildman–Crippen MR) is 151 cm³/mol. The number of piperidine rings is 1. The maximum atomic E-state index is 14.4. The molecule has 1 saturated heterocycles. The van der Waals surface area contributed by atoms with Crippen molar-refractivity contribution >= 4 is 56.0 Å². The Labute approximate surface area is 229 Å². The monoisotopic (exact) mass is 552 g/mol. The van der Waals surface area contributed by atoms with Gasteiger partial charge in [-0.15, -0.1) is 0 Å². The average Bonchev–Trinajstić information content (AvgIpc) is 3.47. The number of aromatic nitrogens is 3. The van der Waals surface area contributed by atoms with Gasteiger partial charge in [0.05, 0.1) is 26.6 Å². The molecule has 3 aliphatic rings. The second kappa shape index (κ2) is 8.82. The molecule has 0 radical (unpaired) electrons. The lowest BCUT2D eigenvalue weighted by Gasteiger charge is -2.49. The molecule has 37 heavy (non-hydrogen) atoms. The molecule has 190 valence electrons. The molecule has 1 spiro atoms. The summed E-state index contributed by atoms with van der Waals surface area (Å²) in [7, 11) is 0. The van der Waals surface area contributed by atoms with Gasteiger partial charge in [-0.3, -0.25) is 0 Å². The Morgan fingerprint density at radius 2 is 1.84 bits per heavy atom. The van der Waals surface area contributed by atoms with E-state index in [4.69, 9.17) is 28.3 Å². The van der Waals surface area contributed by atoms with Gasteiger partial charge in [0.15, 0.2) is 10.9 Å². The summed E-state index contributed by atoms with van der Waals surface area (Å²) >= 11 is 14.7. The Bertz CT molecular complexity index is 1530. The van der Waals surface area contributed by atoms with Gasteiger partial charge >= 0.3 is 0 Å². The van der Waals surface area contributed by atoms with Gasteiger partial charge in [-0.05, 0) is 92.7 Å². The summed E-state index contributed by atoms with van der Waals surface area (Å²) in [6, 6.07) is 9.20. The minimum atomic E-state index is -0.220. The van der Waals surface area contributed by atoms with Crippen LogP contribution in [-0.2, 0) is 0 Å². The number of para-hydroxylation sites is 1. The standard InChI is InChI=1S/C29H27Cl2FN4S/c1-17-11-23(32)26-25(12-17)37-28(34-26)35-9-7-29(8-10-35)14-18(15-29)13-24-20(19-5-6-19)16-33-36(24)27-21(30)3-2-4-22(27)31/h2-4,11-13,16,19H,5-10,14-15H2,1H3. The lowest BCUT2D eigenvalue weighted by molar-refractivity contribution is 0.155. The van der Waals surface area contributed by atoms with Gasteiger partial charge in [-0.25, -0.2) is 14.1 Å². The zero-order valence-electron chi connectivity index (χ0n) is 20.6. The first-order chi connectivity index (χ1) is 17.9. The summed E-state index contributed by atoms with van der Waals surface area (Å²) < 4.78 is 17.2. The number of hydrogen-bond donors (Lipinski definition) is 0. The van der Waals surface area contributed by atoms with Crippen LogP contribution in [0.2, 0.25) is 10.0 Å². The Balaban J connectivity index is 1.10. The highest BCUT2D eigenvalue weighted by molar-refractivity contribution is 7.22. The lowest BCUT2D eigenvalue weighted by atomic mass is 9.60. The number of rotatable bonds is 4. The Morgan fingerprint density at radius 1 is 1.11 bits per heavy atom. The summed E-state index contributed by atoms with van der Waals surface area (Å²) in [4.78, 5) is 6.98. The van der Waals surface area contributed by atoms with E-state index in [1.165, 1.54) is 24.0 Å². The molecule has 2 saturated carbocycles. The third-order valence-corrected chi connectivity index (χ3v) is 9.90. The Kier molecular flexibility index (Phi) is 5.65. The normalized spacial score (nSPS) is 19.0. The van der Waals surface area contributed by atoms with E-state index in [0.29, 0.717) is 26.9 Å². The van der Waals surface area contributed by atoms with Gasteiger partial charge in [0.25, 0.3) is 0 Å². The fourth-order valence-electron chi connectivity index (χ4n) is 6.07. The molecule has 3 fully saturated rings. The molecule has 1 aliphatic heterocycles. The quantitative estimate of drug-likeness (QED) is 0.254. The molecule has 3 heterocycles. The van der Waals surface area contributed by atoms with Crippen molar-refractivity contribution in [2.24, 2.45) is 5.41 Å². The number of aryl methyl sites for hydroxylation is 1. The highest BCUT2D eigenvalue weighted by atomic mass is 35.5. The first-order valence-electron chi connectivity index (χ1n) is 12.9. The zero-order valence-corrected chi connectivity index (χ0v) is 22.9. The van der Waals surface area contributed by atoms with E-state index >= 15 is 0 Å². The number of allylic oxidation sites excluding steroid dienone is 1. The average molecular weight is 554 g/mol. The predicted octanol–water partition coefficient (Wildman–Crippen LogP) is 8.58. The van der Waals surface area contributed by atoms with Crippen molar-refractivity contribution in [3.05, 3.63) is 74.8 Å². The molecule has 0 unspecified atom stereocenters. The largest absolute Gasteiger partial charge is 0.348 e. The van der Waals surface area contributed by atoms with Gasteiger partial charge in [0.1, 0.15) is 11.2 Å². The number of halogens is 3. The maximum Gasteiger partial charge on any atom is 0.186 e.